The summed E-state index contributed by atoms with van der Waals surface area (Å²) in [7, 11) is 0. The Morgan fingerprint density at radius 3 is 3.00 bits per heavy atom. The normalized spacial score (nSPS) is 20.8. The summed E-state index contributed by atoms with van der Waals surface area (Å²) >= 11 is 0. The van der Waals surface area contributed by atoms with E-state index >= 15 is 0 Å². The van der Waals surface area contributed by atoms with Gasteiger partial charge >= 0.3 is 0 Å². The van der Waals surface area contributed by atoms with Gasteiger partial charge in [0.15, 0.2) is 5.76 Å². The first kappa shape index (κ1) is 14.7. The minimum Gasteiger partial charge on any atom is -0.478 e. The molecule has 126 valence electrons. The van der Waals surface area contributed by atoms with Crippen LogP contribution in [0.2, 0.25) is 0 Å². The Labute approximate surface area is 145 Å². The van der Waals surface area contributed by atoms with E-state index in [-0.39, 0.29) is 5.78 Å². The summed E-state index contributed by atoms with van der Waals surface area (Å²) in [6.45, 7) is 3.32. The van der Waals surface area contributed by atoms with Crippen LogP contribution in [0.4, 0.5) is 0 Å². The maximum Gasteiger partial charge on any atom is 0.232 e. The van der Waals surface area contributed by atoms with Crippen LogP contribution in [-0.2, 0) is 6.54 Å². The molecule has 0 saturated heterocycles. The Balaban J connectivity index is 1.56. The molecule has 1 fully saturated rings. The van der Waals surface area contributed by atoms with Crippen molar-refractivity contribution >= 4 is 11.9 Å². The summed E-state index contributed by atoms with van der Waals surface area (Å²) in [6.07, 6.45) is 7.62. The van der Waals surface area contributed by atoms with Gasteiger partial charge in [-0.1, -0.05) is 6.07 Å². The predicted octanol–water partition coefficient (Wildman–Crippen LogP) is 3.32. The van der Waals surface area contributed by atoms with Crippen LogP contribution in [0.25, 0.3) is 6.08 Å². The van der Waals surface area contributed by atoms with Crippen molar-refractivity contribution < 1.29 is 14.3 Å². The molecule has 0 bridgehead atoms. The quantitative estimate of drug-likeness (QED) is 0.789. The highest BCUT2D eigenvalue weighted by atomic mass is 16.5. The van der Waals surface area contributed by atoms with E-state index in [4.69, 9.17) is 9.47 Å². The monoisotopic (exact) mass is 334 g/mol. The van der Waals surface area contributed by atoms with Gasteiger partial charge in [0, 0.05) is 25.0 Å². The van der Waals surface area contributed by atoms with Crippen molar-refractivity contribution in [2.24, 2.45) is 0 Å². The van der Waals surface area contributed by atoms with Gasteiger partial charge < -0.3 is 9.47 Å². The fourth-order valence-corrected chi connectivity index (χ4v) is 3.53. The van der Waals surface area contributed by atoms with Gasteiger partial charge in [-0.25, -0.2) is 0 Å². The summed E-state index contributed by atoms with van der Waals surface area (Å²) in [6, 6.07) is 6.31. The topological polar surface area (TPSA) is 51.7 Å². The zero-order chi connectivity index (χ0) is 17.0. The van der Waals surface area contributed by atoms with Crippen molar-refractivity contribution in [2.45, 2.75) is 32.4 Å². The molecule has 5 heteroatoms. The summed E-state index contributed by atoms with van der Waals surface area (Å²) < 4.78 is 12.0. The minimum absolute atomic E-state index is 0.0669. The van der Waals surface area contributed by atoms with Crippen LogP contribution in [0.3, 0.4) is 0 Å². The largest absolute Gasteiger partial charge is 0.478 e. The number of carbonyl (C=O) groups excluding carboxylic acids is 1. The molecule has 3 heterocycles. The molecule has 5 nitrogen and oxygen atoms in total. The number of aryl methyl sites for hydroxylation is 1. The Morgan fingerprint density at radius 1 is 1.36 bits per heavy atom. The number of Topliss-reactive ketones (excluding diaryl/α,β-unsaturated/α-hetero) is 1. The molecule has 1 aliphatic carbocycles. The molecule has 0 N–H and O–H groups in total. The van der Waals surface area contributed by atoms with Gasteiger partial charge in [0.05, 0.1) is 11.1 Å². The molecule has 0 spiro atoms. The fraction of sp³-hybridized carbons (Fsp3) is 0.300. The number of pyridine rings is 1. The maximum atomic E-state index is 12.9. The van der Waals surface area contributed by atoms with Crippen molar-refractivity contribution in [3.8, 4) is 11.5 Å². The number of rotatable bonds is 2. The SMILES string of the molecule is Cc1cc2c(c3c1C(=O)/C(=C/c1cccnc1)O3)CN(C1CC1)CO2. The summed E-state index contributed by atoms with van der Waals surface area (Å²) in [5.74, 6) is 1.79. The molecule has 1 aromatic heterocycles. The molecule has 3 aliphatic rings. The van der Waals surface area contributed by atoms with Crippen LogP contribution in [0, 0.1) is 6.92 Å². The van der Waals surface area contributed by atoms with E-state index in [2.05, 4.69) is 9.88 Å². The number of nitrogens with zero attached hydrogens (tertiary/aromatic N) is 2. The van der Waals surface area contributed by atoms with Gasteiger partial charge in [0.1, 0.15) is 18.2 Å². The van der Waals surface area contributed by atoms with Crippen LogP contribution in [0.15, 0.2) is 36.4 Å². The smallest absolute Gasteiger partial charge is 0.232 e. The van der Waals surface area contributed by atoms with Gasteiger partial charge in [-0.15, -0.1) is 0 Å². The highest BCUT2D eigenvalue weighted by molar-refractivity contribution is 6.15. The lowest BCUT2D eigenvalue weighted by Gasteiger charge is -2.30. The van der Waals surface area contributed by atoms with Crippen LogP contribution in [-0.4, -0.2) is 28.4 Å². The molecule has 1 aromatic carbocycles. The highest BCUT2D eigenvalue weighted by Crippen LogP contribution is 2.45. The standard InChI is InChI=1S/C20H18N2O3/c1-12-7-16-15(10-22(11-24-16)14-4-5-14)20-18(12)19(23)17(25-20)8-13-3-2-6-21-9-13/h2-3,6-9,14H,4-5,10-11H2,1H3/b17-8-. The number of allylic oxidation sites excluding steroid dienone is 1. The van der Waals surface area contributed by atoms with E-state index in [1.165, 1.54) is 12.8 Å². The molecule has 5 rings (SSSR count). The van der Waals surface area contributed by atoms with Gasteiger partial charge in [0.2, 0.25) is 5.78 Å². The average Bonchev–Trinajstić information content (AvgIpc) is 3.41. The van der Waals surface area contributed by atoms with Gasteiger partial charge in [0.25, 0.3) is 0 Å². The van der Waals surface area contributed by atoms with Crippen LogP contribution >= 0.6 is 0 Å². The molecule has 0 atom stereocenters. The molecular formula is C20H18N2O3. The van der Waals surface area contributed by atoms with Gasteiger partial charge in [-0.2, -0.15) is 0 Å². The molecular weight excluding hydrogens is 316 g/mol. The molecule has 1 saturated carbocycles. The van der Waals surface area contributed by atoms with Crippen LogP contribution in [0.1, 0.15) is 39.9 Å². The Kier molecular flexibility index (Phi) is 3.18. The third kappa shape index (κ3) is 2.43. The van der Waals surface area contributed by atoms with Gasteiger partial charge in [-0.05, 0) is 49.1 Å². The predicted molar refractivity (Wildman–Crippen MR) is 92.4 cm³/mol. The summed E-state index contributed by atoms with van der Waals surface area (Å²) in [4.78, 5) is 19.3. The Morgan fingerprint density at radius 2 is 2.24 bits per heavy atom. The fourth-order valence-electron chi connectivity index (χ4n) is 3.53. The number of hydrogen-bond donors (Lipinski definition) is 0. The first-order chi connectivity index (χ1) is 12.2. The highest BCUT2D eigenvalue weighted by Gasteiger charge is 2.38. The van der Waals surface area contributed by atoms with Crippen molar-refractivity contribution in [3.63, 3.8) is 0 Å². The third-order valence-electron chi connectivity index (χ3n) is 5.00. The first-order valence-electron chi connectivity index (χ1n) is 8.58. The van der Waals surface area contributed by atoms with E-state index < -0.39 is 0 Å². The van der Waals surface area contributed by atoms with E-state index in [0.717, 1.165) is 29.0 Å². The third-order valence-corrected chi connectivity index (χ3v) is 5.00. The van der Waals surface area contributed by atoms with Crippen molar-refractivity contribution in [3.05, 3.63) is 58.6 Å². The van der Waals surface area contributed by atoms with E-state index in [1.54, 1.807) is 18.5 Å². The second-order valence-electron chi connectivity index (χ2n) is 6.85. The van der Waals surface area contributed by atoms with E-state index in [1.807, 2.05) is 25.1 Å². The van der Waals surface area contributed by atoms with E-state index in [0.29, 0.717) is 29.8 Å². The number of ketones is 1. The van der Waals surface area contributed by atoms with Crippen LogP contribution in [0.5, 0.6) is 11.5 Å². The average molecular weight is 334 g/mol. The maximum absolute atomic E-state index is 12.9. The lowest BCUT2D eigenvalue weighted by molar-refractivity contribution is 0.0867. The number of ether oxygens (including phenoxy) is 2. The van der Waals surface area contributed by atoms with Crippen molar-refractivity contribution in [2.75, 3.05) is 6.73 Å². The van der Waals surface area contributed by atoms with Crippen molar-refractivity contribution in [1.82, 2.24) is 9.88 Å². The molecule has 0 unspecified atom stereocenters. The second kappa shape index (κ2) is 5.43. The number of carbonyl (C=O) groups is 1. The Hall–Kier alpha value is -2.66. The Bertz CT molecular complexity index is 901. The minimum atomic E-state index is -0.0669. The number of aromatic nitrogens is 1. The molecule has 0 radical (unpaired) electrons. The molecule has 2 aliphatic heterocycles. The van der Waals surface area contributed by atoms with Crippen LogP contribution < -0.4 is 9.47 Å². The zero-order valence-corrected chi connectivity index (χ0v) is 14.0. The van der Waals surface area contributed by atoms with Gasteiger partial charge in [-0.3, -0.25) is 14.7 Å². The lowest BCUT2D eigenvalue weighted by atomic mass is 9.98. The molecule has 25 heavy (non-hydrogen) atoms. The molecule has 2 aromatic rings. The number of benzene rings is 1. The first-order valence-corrected chi connectivity index (χ1v) is 8.58. The number of fused-ring (bicyclic) bond motifs is 3. The van der Waals surface area contributed by atoms with Crippen molar-refractivity contribution in [1.29, 1.82) is 0 Å². The summed E-state index contributed by atoms with van der Waals surface area (Å²) in [5.41, 5.74) is 3.39. The molecule has 0 amide bonds. The number of hydrogen-bond acceptors (Lipinski definition) is 5. The second-order valence-corrected chi connectivity index (χ2v) is 6.85. The summed E-state index contributed by atoms with van der Waals surface area (Å²) in [5, 5.41) is 0. The van der Waals surface area contributed by atoms with E-state index in [9.17, 15) is 4.79 Å². The zero-order valence-electron chi connectivity index (χ0n) is 14.0. The lowest BCUT2D eigenvalue weighted by Crippen LogP contribution is -2.34.